The quantitative estimate of drug-likeness (QED) is 0.495. The smallest absolute Gasteiger partial charge is 0.337 e. The van der Waals surface area contributed by atoms with Crippen LogP contribution in [-0.4, -0.2) is 43.2 Å². The van der Waals surface area contributed by atoms with Crippen LogP contribution in [0.3, 0.4) is 0 Å². The number of carbonyl (C=O) groups excluding carboxylic acids is 1. The van der Waals surface area contributed by atoms with E-state index in [0.717, 1.165) is 24.3 Å². The molecule has 1 unspecified atom stereocenters. The summed E-state index contributed by atoms with van der Waals surface area (Å²) in [6, 6.07) is 17.0. The number of hydrogen-bond donors (Lipinski definition) is 0. The zero-order chi connectivity index (χ0) is 21.4. The van der Waals surface area contributed by atoms with Crippen molar-refractivity contribution in [2.24, 2.45) is 0 Å². The fourth-order valence-electron chi connectivity index (χ4n) is 3.93. The Bertz CT molecular complexity index is 763. The van der Waals surface area contributed by atoms with Crippen LogP contribution in [0.4, 0.5) is 0 Å². The summed E-state index contributed by atoms with van der Waals surface area (Å²) in [5, 5.41) is 0. The summed E-state index contributed by atoms with van der Waals surface area (Å²) in [6.45, 7) is 12.5. The predicted molar refractivity (Wildman–Crippen MR) is 119 cm³/mol. The maximum absolute atomic E-state index is 12.2. The normalized spacial score (nSPS) is 12.4. The van der Waals surface area contributed by atoms with E-state index < -0.39 is 0 Å². The largest absolute Gasteiger partial charge is 0.494 e. The van der Waals surface area contributed by atoms with Gasteiger partial charge in [-0.2, -0.15) is 0 Å². The molecule has 0 aliphatic rings. The molecule has 0 saturated heterocycles. The number of benzene rings is 2. The van der Waals surface area contributed by atoms with Crippen molar-refractivity contribution in [3.05, 3.63) is 65.2 Å². The number of hydrogen-bond acceptors (Lipinski definition) is 4. The average Bonchev–Trinajstić information content (AvgIpc) is 2.71. The molecule has 0 amide bonds. The molecule has 0 radical (unpaired) electrons. The van der Waals surface area contributed by atoms with Crippen molar-refractivity contribution < 1.29 is 14.3 Å². The van der Waals surface area contributed by atoms with Crippen molar-refractivity contribution in [3.63, 3.8) is 0 Å². The van der Waals surface area contributed by atoms with Crippen LogP contribution in [0.15, 0.2) is 48.5 Å². The first-order valence-electron chi connectivity index (χ1n) is 10.5. The third kappa shape index (κ3) is 6.07. The first-order chi connectivity index (χ1) is 13.9. The Morgan fingerprint density at radius 2 is 1.66 bits per heavy atom. The van der Waals surface area contributed by atoms with E-state index in [1.54, 1.807) is 6.07 Å². The number of methoxy groups -OCH3 is 1. The Morgan fingerprint density at radius 1 is 1.00 bits per heavy atom. The zero-order valence-electron chi connectivity index (χ0n) is 18.6. The second-order valence-corrected chi connectivity index (χ2v) is 7.85. The van der Waals surface area contributed by atoms with Crippen molar-refractivity contribution in [2.45, 2.75) is 59.0 Å². The molecule has 0 aliphatic carbocycles. The first-order valence-corrected chi connectivity index (χ1v) is 10.5. The van der Waals surface area contributed by atoms with Gasteiger partial charge in [0, 0.05) is 23.6 Å². The Kier molecular flexibility index (Phi) is 8.71. The van der Waals surface area contributed by atoms with Gasteiger partial charge in [-0.15, -0.1) is 0 Å². The van der Waals surface area contributed by atoms with Crippen LogP contribution >= 0.6 is 0 Å². The number of nitrogens with zero attached hydrogens (tertiary/aromatic N) is 1. The van der Waals surface area contributed by atoms with Crippen LogP contribution in [0, 0.1) is 0 Å². The lowest BCUT2D eigenvalue weighted by atomic mass is 9.86. The molecule has 0 fully saturated rings. The molecule has 0 saturated carbocycles. The zero-order valence-corrected chi connectivity index (χ0v) is 18.6. The lowest BCUT2D eigenvalue weighted by molar-refractivity contribution is 0.0600. The van der Waals surface area contributed by atoms with Gasteiger partial charge in [0.15, 0.2) is 0 Å². The van der Waals surface area contributed by atoms with Gasteiger partial charge in [-0.3, -0.25) is 4.90 Å². The van der Waals surface area contributed by atoms with Gasteiger partial charge in [-0.1, -0.05) is 30.3 Å². The Balaban J connectivity index is 2.48. The van der Waals surface area contributed by atoms with Gasteiger partial charge in [0.2, 0.25) is 0 Å². The molecule has 0 spiro atoms. The van der Waals surface area contributed by atoms with Crippen LogP contribution in [0.1, 0.15) is 68.4 Å². The molecule has 0 bridgehead atoms. The summed E-state index contributed by atoms with van der Waals surface area (Å²) in [5.74, 6) is 0.629. The van der Waals surface area contributed by atoms with Crippen LogP contribution in [0.5, 0.6) is 5.75 Å². The van der Waals surface area contributed by atoms with Crippen molar-refractivity contribution in [1.82, 2.24) is 4.90 Å². The summed E-state index contributed by atoms with van der Waals surface area (Å²) < 4.78 is 10.9. The highest BCUT2D eigenvalue weighted by atomic mass is 16.5. The van der Waals surface area contributed by atoms with Gasteiger partial charge in [0.05, 0.1) is 19.3 Å². The standard InChI is InChI=1S/C25H35NO3/c1-7-29-24-14-13-21(25(27)28-6)17-23(24)22(20-11-9-8-10-12-20)15-16-26(18(2)3)19(4)5/h8-14,17-19,22H,7,15-16H2,1-6H3. The molecule has 4 heteroatoms. The van der Waals surface area contributed by atoms with Crippen molar-refractivity contribution in [3.8, 4) is 5.75 Å². The van der Waals surface area contributed by atoms with E-state index >= 15 is 0 Å². The van der Waals surface area contributed by atoms with Crippen LogP contribution in [0.25, 0.3) is 0 Å². The van der Waals surface area contributed by atoms with Crippen molar-refractivity contribution >= 4 is 5.97 Å². The third-order valence-electron chi connectivity index (χ3n) is 5.31. The molecule has 2 aromatic carbocycles. The summed E-state index contributed by atoms with van der Waals surface area (Å²) in [7, 11) is 1.41. The minimum absolute atomic E-state index is 0.127. The fraction of sp³-hybridized carbons (Fsp3) is 0.480. The minimum Gasteiger partial charge on any atom is -0.494 e. The highest BCUT2D eigenvalue weighted by Crippen LogP contribution is 2.36. The predicted octanol–water partition coefficient (Wildman–Crippen LogP) is 5.51. The highest BCUT2D eigenvalue weighted by Gasteiger charge is 2.23. The maximum atomic E-state index is 12.2. The topological polar surface area (TPSA) is 38.8 Å². The molecule has 29 heavy (non-hydrogen) atoms. The summed E-state index contributed by atoms with van der Waals surface area (Å²) in [5.41, 5.74) is 2.81. The fourth-order valence-corrected chi connectivity index (χ4v) is 3.93. The van der Waals surface area contributed by atoms with Crippen LogP contribution < -0.4 is 4.74 Å². The summed E-state index contributed by atoms with van der Waals surface area (Å²) in [6.07, 6.45) is 0.936. The van der Waals surface area contributed by atoms with Crippen molar-refractivity contribution in [1.29, 1.82) is 0 Å². The second-order valence-electron chi connectivity index (χ2n) is 7.85. The molecule has 4 nitrogen and oxygen atoms in total. The first kappa shape index (κ1) is 23.0. The molecular formula is C25H35NO3. The summed E-state index contributed by atoms with van der Waals surface area (Å²) in [4.78, 5) is 14.7. The van der Waals surface area contributed by atoms with Gasteiger partial charge < -0.3 is 9.47 Å². The van der Waals surface area contributed by atoms with E-state index in [2.05, 4.69) is 56.9 Å². The van der Waals surface area contributed by atoms with Gasteiger partial charge in [0.25, 0.3) is 0 Å². The van der Waals surface area contributed by atoms with Crippen LogP contribution in [0.2, 0.25) is 0 Å². The summed E-state index contributed by atoms with van der Waals surface area (Å²) >= 11 is 0. The van der Waals surface area contributed by atoms with Crippen molar-refractivity contribution in [2.75, 3.05) is 20.3 Å². The van der Waals surface area contributed by atoms with E-state index in [1.807, 2.05) is 25.1 Å². The molecule has 0 aliphatic heterocycles. The monoisotopic (exact) mass is 397 g/mol. The van der Waals surface area contributed by atoms with E-state index in [-0.39, 0.29) is 11.9 Å². The lowest BCUT2D eigenvalue weighted by Gasteiger charge is -2.32. The molecule has 0 aromatic heterocycles. The SMILES string of the molecule is CCOc1ccc(C(=O)OC)cc1C(CCN(C(C)C)C(C)C)c1ccccc1. The highest BCUT2D eigenvalue weighted by molar-refractivity contribution is 5.89. The Morgan fingerprint density at radius 3 is 2.21 bits per heavy atom. The number of esters is 1. The molecule has 158 valence electrons. The van der Waals surface area contributed by atoms with Crippen LogP contribution in [-0.2, 0) is 4.74 Å². The Hall–Kier alpha value is -2.33. The van der Waals surface area contributed by atoms with E-state index in [9.17, 15) is 4.79 Å². The van der Waals surface area contributed by atoms with Gasteiger partial charge in [0.1, 0.15) is 5.75 Å². The maximum Gasteiger partial charge on any atom is 0.337 e. The van der Waals surface area contributed by atoms with Gasteiger partial charge in [-0.05, 0) is 71.3 Å². The number of rotatable bonds is 10. The average molecular weight is 398 g/mol. The van der Waals surface area contributed by atoms with Gasteiger partial charge >= 0.3 is 5.97 Å². The lowest BCUT2D eigenvalue weighted by Crippen LogP contribution is -2.38. The molecule has 0 N–H and O–H groups in total. The Labute approximate surface area is 175 Å². The molecule has 2 rings (SSSR count). The third-order valence-corrected chi connectivity index (χ3v) is 5.31. The molecule has 0 heterocycles. The number of ether oxygens (including phenoxy) is 2. The number of carbonyl (C=O) groups is 1. The second kappa shape index (κ2) is 11.0. The minimum atomic E-state index is -0.327. The molecule has 1 atom stereocenters. The molecular weight excluding hydrogens is 362 g/mol. The van der Waals surface area contributed by atoms with E-state index in [4.69, 9.17) is 9.47 Å². The molecule has 2 aromatic rings. The van der Waals surface area contributed by atoms with E-state index in [1.165, 1.54) is 12.7 Å². The van der Waals surface area contributed by atoms with E-state index in [0.29, 0.717) is 24.3 Å². The van der Waals surface area contributed by atoms with Gasteiger partial charge in [-0.25, -0.2) is 4.79 Å².